The summed E-state index contributed by atoms with van der Waals surface area (Å²) in [5.41, 5.74) is 1.51. The molecule has 7 heteroatoms. The molecular weight excluding hydrogens is 348 g/mol. The normalized spacial score (nSPS) is 10.0. The van der Waals surface area contributed by atoms with Gasteiger partial charge in [0.15, 0.2) is 0 Å². The minimum Gasteiger partial charge on any atom is -0.497 e. The van der Waals surface area contributed by atoms with Crippen LogP contribution in [0.1, 0.15) is 24.2 Å². The van der Waals surface area contributed by atoms with Crippen molar-refractivity contribution in [1.82, 2.24) is 0 Å². The molecule has 0 aliphatic carbocycles. The lowest BCUT2D eigenvalue weighted by Crippen LogP contribution is -2.36. The third-order valence-corrected chi connectivity index (χ3v) is 3.75. The minimum atomic E-state index is -0.419. The van der Waals surface area contributed by atoms with Crippen molar-refractivity contribution in [1.29, 1.82) is 0 Å². The van der Waals surface area contributed by atoms with Gasteiger partial charge in [0, 0.05) is 18.3 Å². The third kappa shape index (κ3) is 5.57. The number of nitrogens with one attached hydrogen (secondary N) is 1. The van der Waals surface area contributed by atoms with Gasteiger partial charge < -0.3 is 19.7 Å². The molecule has 0 unspecified atom stereocenters. The van der Waals surface area contributed by atoms with E-state index in [9.17, 15) is 14.4 Å². The van der Waals surface area contributed by atoms with Gasteiger partial charge in [-0.3, -0.25) is 9.59 Å². The van der Waals surface area contributed by atoms with Crippen molar-refractivity contribution >= 4 is 29.2 Å². The van der Waals surface area contributed by atoms with Gasteiger partial charge >= 0.3 is 5.97 Å². The van der Waals surface area contributed by atoms with E-state index >= 15 is 0 Å². The lowest BCUT2D eigenvalue weighted by molar-refractivity contribution is -0.120. The summed E-state index contributed by atoms with van der Waals surface area (Å²) in [6.07, 6.45) is 0. The molecule has 0 saturated carbocycles. The number of rotatable bonds is 7. The van der Waals surface area contributed by atoms with E-state index in [-0.39, 0.29) is 18.4 Å². The van der Waals surface area contributed by atoms with Crippen molar-refractivity contribution in [2.45, 2.75) is 13.8 Å². The SMILES string of the molecule is CCOC(=O)c1ccc(NC(=O)CN(C(C)=O)c2ccc(OC)cc2)cc1. The van der Waals surface area contributed by atoms with Gasteiger partial charge in [-0.25, -0.2) is 4.79 Å². The summed E-state index contributed by atoms with van der Waals surface area (Å²) in [7, 11) is 1.55. The molecule has 27 heavy (non-hydrogen) atoms. The molecule has 1 N–H and O–H groups in total. The van der Waals surface area contributed by atoms with Crippen molar-refractivity contribution in [3.63, 3.8) is 0 Å². The lowest BCUT2D eigenvalue weighted by Gasteiger charge is -2.21. The Bertz CT molecular complexity index is 800. The number of benzene rings is 2. The summed E-state index contributed by atoms with van der Waals surface area (Å²) in [6, 6.07) is 13.2. The summed E-state index contributed by atoms with van der Waals surface area (Å²) >= 11 is 0. The van der Waals surface area contributed by atoms with E-state index < -0.39 is 5.97 Å². The first kappa shape index (κ1) is 20.0. The first-order chi connectivity index (χ1) is 12.9. The molecule has 2 aromatic carbocycles. The van der Waals surface area contributed by atoms with Crippen molar-refractivity contribution in [3.8, 4) is 5.75 Å². The zero-order valence-corrected chi connectivity index (χ0v) is 15.5. The highest BCUT2D eigenvalue weighted by Gasteiger charge is 2.16. The first-order valence-corrected chi connectivity index (χ1v) is 8.43. The number of nitrogens with zero attached hydrogens (tertiary/aromatic N) is 1. The predicted octanol–water partition coefficient (Wildman–Crippen LogP) is 2.86. The van der Waals surface area contributed by atoms with Crippen LogP contribution in [0.5, 0.6) is 5.75 Å². The quantitative estimate of drug-likeness (QED) is 0.758. The van der Waals surface area contributed by atoms with Crippen LogP contribution < -0.4 is 15.0 Å². The van der Waals surface area contributed by atoms with E-state index in [1.165, 1.54) is 11.8 Å². The van der Waals surface area contributed by atoms with Crippen LogP contribution in [0.15, 0.2) is 48.5 Å². The molecule has 0 fully saturated rings. The van der Waals surface area contributed by atoms with E-state index in [0.29, 0.717) is 29.3 Å². The predicted molar refractivity (Wildman–Crippen MR) is 102 cm³/mol. The maximum Gasteiger partial charge on any atom is 0.338 e. The second-order valence-corrected chi connectivity index (χ2v) is 5.65. The molecule has 0 saturated heterocycles. The molecule has 7 nitrogen and oxygen atoms in total. The van der Waals surface area contributed by atoms with Crippen molar-refractivity contribution in [2.24, 2.45) is 0 Å². The molecule has 0 aliphatic rings. The number of hydrogen-bond acceptors (Lipinski definition) is 5. The molecule has 0 heterocycles. The van der Waals surface area contributed by atoms with Crippen molar-refractivity contribution in [2.75, 3.05) is 30.5 Å². The number of amides is 2. The number of ether oxygens (including phenoxy) is 2. The van der Waals surface area contributed by atoms with Gasteiger partial charge in [-0.15, -0.1) is 0 Å². The van der Waals surface area contributed by atoms with Crippen molar-refractivity contribution < 1.29 is 23.9 Å². The standard InChI is InChI=1S/C20H22N2O5/c1-4-27-20(25)15-5-7-16(8-6-15)21-19(24)13-22(14(2)23)17-9-11-18(26-3)12-10-17/h5-12H,4,13H2,1-3H3,(H,21,24). The van der Waals surface area contributed by atoms with E-state index in [2.05, 4.69) is 5.32 Å². The van der Waals surface area contributed by atoms with Crippen LogP contribution in [0.3, 0.4) is 0 Å². The number of carbonyl (C=O) groups is 3. The Labute approximate surface area is 157 Å². The maximum atomic E-state index is 12.3. The van der Waals surface area contributed by atoms with Crippen LogP contribution in [0, 0.1) is 0 Å². The van der Waals surface area contributed by atoms with Gasteiger partial charge in [0.2, 0.25) is 11.8 Å². The Kier molecular flexibility index (Phi) is 6.93. The molecule has 0 atom stereocenters. The summed E-state index contributed by atoms with van der Waals surface area (Å²) in [5, 5.41) is 2.71. The molecule has 0 bridgehead atoms. The van der Waals surface area contributed by atoms with Crippen LogP contribution in [0.25, 0.3) is 0 Å². The monoisotopic (exact) mass is 370 g/mol. The van der Waals surface area contributed by atoms with Crippen LogP contribution in [-0.2, 0) is 14.3 Å². The summed E-state index contributed by atoms with van der Waals surface area (Å²) < 4.78 is 10.0. The van der Waals surface area contributed by atoms with Gasteiger partial charge in [0.25, 0.3) is 0 Å². The van der Waals surface area contributed by atoms with E-state index in [4.69, 9.17) is 9.47 Å². The number of hydrogen-bond donors (Lipinski definition) is 1. The topological polar surface area (TPSA) is 84.9 Å². The zero-order valence-electron chi connectivity index (χ0n) is 15.5. The smallest absolute Gasteiger partial charge is 0.338 e. The van der Waals surface area contributed by atoms with Gasteiger partial charge in [-0.1, -0.05) is 0 Å². The molecule has 0 radical (unpaired) electrons. The maximum absolute atomic E-state index is 12.3. The van der Waals surface area contributed by atoms with Gasteiger partial charge in [-0.2, -0.15) is 0 Å². The second-order valence-electron chi connectivity index (χ2n) is 5.65. The lowest BCUT2D eigenvalue weighted by atomic mass is 10.2. The fourth-order valence-electron chi connectivity index (χ4n) is 2.39. The van der Waals surface area contributed by atoms with E-state index in [1.807, 2.05) is 0 Å². The van der Waals surface area contributed by atoms with Crippen LogP contribution in [0.2, 0.25) is 0 Å². The number of esters is 1. The van der Waals surface area contributed by atoms with Gasteiger partial charge in [0.05, 0.1) is 19.3 Å². The molecule has 2 amide bonds. The summed E-state index contributed by atoms with van der Waals surface area (Å²) in [5.74, 6) is -0.371. The van der Waals surface area contributed by atoms with E-state index in [1.54, 1.807) is 62.6 Å². The van der Waals surface area contributed by atoms with Gasteiger partial charge in [0.1, 0.15) is 12.3 Å². The minimum absolute atomic E-state index is 0.138. The van der Waals surface area contributed by atoms with Gasteiger partial charge in [-0.05, 0) is 55.5 Å². The first-order valence-electron chi connectivity index (χ1n) is 8.43. The van der Waals surface area contributed by atoms with Crippen LogP contribution in [-0.4, -0.2) is 38.0 Å². The molecule has 142 valence electrons. The average molecular weight is 370 g/mol. The fraction of sp³-hybridized carbons (Fsp3) is 0.250. The van der Waals surface area contributed by atoms with E-state index in [0.717, 1.165) is 0 Å². The third-order valence-electron chi connectivity index (χ3n) is 3.75. The highest BCUT2D eigenvalue weighted by Crippen LogP contribution is 2.19. The molecule has 0 spiro atoms. The molecule has 2 aromatic rings. The Morgan fingerprint density at radius 3 is 2.15 bits per heavy atom. The summed E-state index contributed by atoms with van der Waals surface area (Å²) in [4.78, 5) is 37.3. The number of methoxy groups -OCH3 is 1. The van der Waals surface area contributed by atoms with Crippen LogP contribution >= 0.6 is 0 Å². The zero-order chi connectivity index (χ0) is 19.8. The Morgan fingerprint density at radius 2 is 1.63 bits per heavy atom. The molecule has 2 rings (SSSR count). The highest BCUT2D eigenvalue weighted by molar-refractivity contribution is 6.02. The highest BCUT2D eigenvalue weighted by atomic mass is 16.5. The molecular formula is C20H22N2O5. The van der Waals surface area contributed by atoms with Crippen molar-refractivity contribution in [3.05, 3.63) is 54.1 Å². The molecule has 0 aliphatic heterocycles. The average Bonchev–Trinajstić information content (AvgIpc) is 2.67. The van der Waals surface area contributed by atoms with Crippen LogP contribution in [0.4, 0.5) is 11.4 Å². The Balaban J connectivity index is 2.03. The fourth-order valence-corrected chi connectivity index (χ4v) is 2.39. The summed E-state index contributed by atoms with van der Waals surface area (Å²) in [6.45, 7) is 3.28. The second kappa shape index (κ2) is 9.38. The molecule has 0 aromatic heterocycles. The Morgan fingerprint density at radius 1 is 1.00 bits per heavy atom. The Hall–Kier alpha value is -3.35. The number of anilines is 2. The largest absolute Gasteiger partial charge is 0.497 e. The number of carbonyl (C=O) groups excluding carboxylic acids is 3.